The Bertz CT molecular complexity index is 617. The van der Waals surface area contributed by atoms with E-state index in [1.165, 1.54) is 4.90 Å². The van der Waals surface area contributed by atoms with Crippen LogP contribution in [0.4, 0.5) is 4.79 Å². The van der Waals surface area contributed by atoms with Crippen molar-refractivity contribution >= 4 is 22.0 Å². The van der Waals surface area contributed by atoms with Crippen molar-refractivity contribution in [2.45, 2.75) is 26.4 Å². The largest absolute Gasteiger partial charge is 0.444 e. The molecule has 15 heteroatoms. The van der Waals surface area contributed by atoms with E-state index in [-0.39, 0.29) is 6.09 Å². The van der Waals surface area contributed by atoms with Gasteiger partial charge in [0, 0.05) is 18.9 Å². The summed E-state index contributed by atoms with van der Waals surface area (Å²) in [6, 6.07) is 0. The Labute approximate surface area is 278 Å². The van der Waals surface area contributed by atoms with E-state index in [4.69, 9.17) is 56.8 Å². The minimum atomic E-state index is -0.509. The van der Waals surface area contributed by atoms with Crippen molar-refractivity contribution in [3.05, 3.63) is 0 Å². The van der Waals surface area contributed by atoms with Gasteiger partial charge in [0.2, 0.25) is 0 Å². The minimum Gasteiger partial charge on any atom is -0.444 e. The molecule has 0 fully saturated rings. The lowest BCUT2D eigenvalue weighted by atomic mass is 10.2. The normalized spacial score (nSPS) is 11.8. The van der Waals surface area contributed by atoms with Crippen molar-refractivity contribution in [3.8, 4) is 0 Å². The van der Waals surface area contributed by atoms with E-state index in [1.54, 1.807) is 7.05 Å². The van der Waals surface area contributed by atoms with Crippen molar-refractivity contribution < 1.29 is 61.6 Å². The van der Waals surface area contributed by atoms with Gasteiger partial charge in [0.05, 0.1) is 145 Å². The number of alkyl halides is 1. The predicted molar refractivity (Wildman–Crippen MR) is 172 cm³/mol. The number of carbonyl (C=O) groups excluding carboxylic acids is 1. The van der Waals surface area contributed by atoms with E-state index in [9.17, 15) is 4.79 Å². The summed E-state index contributed by atoms with van der Waals surface area (Å²) in [6.45, 7) is 17.3. The molecule has 0 heterocycles. The molecule has 0 atom stereocenters. The van der Waals surface area contributed by atoms with Crippen LogP contribution in [0.3, 0.4) is 0 Å². The van der Waals surface area contributed by atoms with Crippen molar-refractivity contribution in [2.75, 3.05) is 164 Å². The number of ether oxygens (including phenoxy) is 12. The van der Waals surface area contributed by atoms with Gasteiger partial charge in [-0.05, 0) is 20.8 Å². The van der Waals surface area contributed by atoms with E-state index in [0.717, 1.165) is 5.33 Å². The van der Waals surface area contributed by atoms with Crippen molar-refractivity contribution in [1.29, 1.82) is 0 Å². The molecule has 14 nitrogen and oxygen atoms in total. The second kappa shape index (κ2) is 34.6. The highest BCUT2D eigenvalue weighted by atomic mass is 79.9. The SMILES string of the molecule is CN(CCOCCOCCOCCOCCOCCOCCOCCOCCOCCOCCOCCBr)C(=O)OC(C)(C)C. The molecular weight excluding hydrogens is 662 g/mol. The third-order valence-electron chi connectivity index (χ3n) is 5.22. The third-order valence-corrected chi connectivity index (χ3v) is 5.54. The van der Waals surface area contributed by atoms with Gasteiger partial charge in [0.25, 0.3) is 0 Å². The molecule has 0 bridgehead atoms. The van der Waals surface area contributed by atoms with Crippen LogP contribution in [0.2, 0.25) is 0 Å². The summed E-state index contributed by atoms with van der Waals surface area (Å²) in [5, 5.41) is 0.834. The number of rotatable bonds is 35. The second-order valence-corrected chi connectivity index (χ2v) is 11.1. The quantitative estimate of drug-likeness (QED) is 0.0702. The fourth-order valence-corrected chi connectivity index (χ4v) is 3.22. The molecule has 0 spiro atoms. The Hall–Kier alpha value is -0.690. The Balaban J connectivity index is 3.14. The third kappa shape index (κ3) is 37.6. The monoisotopic (exact) mass is 721 g/mol. The molecule has 0 unspecified atom stereocenters. The summed E-state index contributed by atoms with van der Waals surface area (Å²) in [5.41, 5.74) is -0.509. The molecular formula is C30H60BrNO13. The molecule has 0 aromatic rings. The van der Waals surface area contributed by atoms with E-state index in [1.807, 2.05) is 20.8 Å². The zero-order chi connectivity index (χ0) is 33.1. The van der Waals surface area contributed by atoms with Gasteiger partial charge in [-0.1, -0.05) is 15.9 Å². The Morgan fingerprint density at radius 1 is 0.444 bits per heavy atom. The summed E-state index contributed by atoms with van der Waals surface area (Å²) < 4.78 is 65.1. The Morgan fingerprint density at radius 2 is 0.667 bits per heavy atom. The first-order valence-electron chi connectivity index (χ1n) is 15.7. The van der Waals surface area contributed by atoms with Crippen LogP contribution in [0.1, 0.15) is 20.8 Å². The zero-order valence-corrected chi connectivity index (χ0v) is 29.7. The molecule has 0 aromatic heterocycles. The van der Waals surface area contributed by atoms with E-state index in [0.29, 0.717) is 152 Å². The molecule has 0 aromatic carbocycles. The zero-order valence-electron chi connectivity index (χ0n) is 28.1. The van der Waals surface area contributed by atoms with Crippen LogP contribution in [0.5, 0.6) is 0 Å². The van der Waals surface area contributed by atoms with Crippen LogP contribution in [-0.4, -0.2) is 181 Å². The van der Waals surface area contributed by atoms with Gasteiger partial charge in [-0.2, -0.15) is 0 Å². The molecule has 270 valence electrons. The average molecular weight is 723 g/mol. The minimum absolute atomic E-state index is 0.364. The second-order valence-electron chi connectivity index (χ2n) is 10.3. The molecule has 0 rings (SSSR count). The maximum Gasteiger partial charge on any atom is 0.410 e. The predicted octanol–water partition coefficient (Wildman–Crippen LogP) is 2.43. The Kier molecular flexibility index (Phi) is 34.1. The van der Waals surface area contributed by atoms with Crippen LogP contribution >= 0.6 is 15.9 Å². The molecule has 45 heavy (non-hydrogen) atoms. The lowest BCUT2D eigenvalue weighted by molar-refractivity contribution is -0.0275. The summed E-state index contributed by atoms with van der Waals surface area (Å²) in [5.74, 6) is 0. The number of hydrogen-bond acceptors (Lipinski definition) is 13. The van der Waals surface area contributed by atoms with Crippen molar-refractivity contribution in [1.82, 2.24) is 4.90 Å². The van der Waals surface area contributed by atoms with Crippen molar-refractivity contribution in [3.63, 3.8) is 0 Å². The average Bonchev–Trinajstić information content (AvgIpc) is 3.00. The molecule has 1 amide bonds. The number of nitrogens with zero attached hydrogens (tertiary/aromatic N) is 1. The molecule has 0 N–H and O–H groups in total. The smallest absolute Gasteiger partial charge is 0.410 e. The van der Waals surface area contributed by atoms with Crippen LogP contribution in [0.15, 0.2) is 0 Å². The van der Waals surface area contributed by atoms with Gasteiger partial charge in [0.15, 0.2) is 0 Å². The van der Waals surface area contributed by atoms with Gasteiger partial charge in [-0.3, -0.25) is 0 Å². The highest BCUT2D eigenvalue weighted by molar-refractivity contribution is 9.09. The molecule has 0 aliphatic rings. The number of amides is 1. The first-order chi connectivity index (χ1) is 21.9. The standard InChI is InChI=1S/C30H60BrNO13/c1-30(2,3)45-29(33)32(4)6-8-35-10-12-37-14-16-39-18-20-41-22-24-43-26-28-44-27-25-42-23-21-40-19-17-38-15-13-36-11-9-34-7-5-31/h5-28H2,1-4H3. The van der Waals surface area contributed by atoms with Gasteiger partial charge in [-0.15, -0.1) is 0 Å². The number of halogens is 1. The topological polar surface area (TPSA) is 131 Å². The van der Waals surface area contributed by atoms with Crippen LogP contribution in [-0.2, 0) is 56.8 Å². The van der Waals surface area contributed by atoms with Crippen LogP contribution < -0.4 is 0 Å². The van der Waals surface area contributed by atoms with Gasteiger partial charge < -0.3 is 61.7 Å². The maximum absolute atomic E-state index is 11.8. The first kappa shape index (κ1) is 44.3. The van der Waals surface area contributed by atoms with E-state index < -0.39 is 5.60 Å². The fraction of sp³-hybridized carbons (Fsp3) is 0.967. The molecule has 0 aliphatic carbocycles. The summed E-state index contributed by atoms with van der Waals surface area (Å²) in [4.78, 5) is 13.3. The van der Waals surface area contributed by atoms with Gasteiger partial charge in [-0.25, -0.2) is 4.79 Å². The summed E-state index contributed by atoms with van der Waals surface area (Å²) in [7, 11) is 1.68. The number of carbonyl (C=O) groups is 1. The molecule has 0 saturated heterocycles. The molecule has 0 saturated carbocycles. The fourth-order valence-electron chi connectivity index (χ4n) is 2.99. The number of likely N-dealkylation sites (N-methyl/N-ethyl adjacent to an activating group) is 1. The van der Waals surface area contributed by atoms with Crippen LogP contribution in [0, 0.1) is 0 Å². The number of hydrogen-bond donors (Lipinski definition) is 0. The summed E-state index contributed by atoms with van der Waals surface area (Å²) >= 11 is 3.30. The van der Waals surface area contributed by atoms with Gasteiger partial charge >= 0.3 is 6.09 Å². The van der Waals surface area contributed by atoms with Crippen LogP contribution in [0.25, 0.3) is 0 Å². The van der Waals surface area contributed by atoms with E-state index in [2.05, 4.69) is 15.9 Å². The highest BCUT2D eigenvalue weighted by Gasteiger charge is 2.19. The highest BCUT2D eigenvalue weighted by Crippen LogP contribution is 2.08. The summed E-state index contributed by atoms with van der Waals surface area (Å²) in [6.07, 6.45) is -0.364. The van der Waals surface area contributed by atoms with Gasteiger partial charge in [0.1, 0.15) is 5.60 Å². The Morgan fingerprint density at radius 3 is 0.889 bits per heavy atom. The lowest BCUT2D eigenvalue weighted by Gasteiger charge is -2.24. The molecule has 0 radical (unpaired) electrons. The first-order valence-corrected chi connectivity index (χ1v) is 16.8. The van der Waals surface area contributed by atoms with Crippen molar-refractivity contribution in [2.24, 2.45) is 0 Å². The lowest BCUT2D eigenvalue weighted by Crippen LogP contribution is -2.36. The maximum atomic E-state index is 11.8. The van der Waals surface area contributed by atoms with E-state index >= 15 is 0 Å². The molecule has 0 aliphatic heterocycles.